The van der Waals surface area contributed by atoms with E-state index in [4.69, 9.17) is 0 Å². The summed E-state index contributed by atoms with van der Waals surface area (Å²) < 4.78 is 41.9. The predicted octanol–water partition coefficient (Wildman–Crippen LogP) is 4.83. The van der Waals surface area contributed by atoms with Crippen LogP contribution >= 0.6 is 0 Å². The fourth-order valence-electron chi connectivity index (χ4n) is 3.81. The summed E-state index contributed by atoms with van der Waals surface area (Å²) in [5.74, 6) is -0.160. The van der Waals surface area contributed by atoms with Crippen molar-refractivity contribution in [2.75, 3.05) is 14.1 Å². The van der Waals surface area contributed by atoms with E-state index in [-0.39, 0.29) is 17.0 Å². The Bertz CT molecular complexity index is 1100. The van der Waals surface area contributed by atoms with Gasteiger partial charge in [0.05, 0.1) is 0 Å². The van der Waals surface area contributed by atoms with Crippen LogP contribution in [-0.4, -0.2) is 36.2 Å². The molecule has 1 unspecified atom stereocenters. The Balaban J connectivity index is 1.83. The number of nitrogens with zero attached hydrogens (tertiary/aromatic N) is 1. The van der Waals surface area contributed by atoms with Gasteiger partial charge in [0, 0.05) is 30.8 Å². The fourth-order valence-corrected chi connectivity index (χ4v) is 3.81. The molecular formula is C23H18F3NO2. The van der Waals surface area contributed by atoms with E-state index in [0.29, 0.717) is 27.8 Å². The molecular weight excluding hydrogens is 379 g/mol. The molecule has 3 aromatic carbocycles. The molecule has 0 aromatic heterocycles. The van der Waals surface area contributed by atoms with E-state index in [1.807, 2.05) is 0 Å². The minimum atomic E-state index is -4.87. The third kappa shape index (κ3) is 2.83. The first-order chi connectivity index (χ1) is 13.6. The molecule has 1 atom stereocenters. The van der Waals surface area contributed by atoms with Crippen molar-refractivity contribution in [3.8, 4) is 22.3 Å². The predicted molar refractivity (Wildman–Crippen MR) is 104 cm³/mol. The first kappa shape index (κ1) is 19.2. The number of alkyl halides is 3. The monoisotopic (exact) mass is 397 g/mol. The van der Waals surface area contributed by atoms with E-state index >= 15 is 0 Å². The number of hydrogen-bond acceptors (Lipinski definition) is 2. The van der Waals surface area contributed by atoms with Crippen LogP contribution in [0.5, 0.6) is 0 Å². The molecule has 29 heavy (non-hydrogen) atoms. The van der Waals surface area contributed by atoms with Crippen molar-refractivity contribution in [1.29, 1.82) is 0 Å². The van der Waals surface area contributed by atoms with Crippen LogP contribution in [-0.2, 0) is 5.60 Å². The lowest BCUT2D eigenvalue weighted by atomic mass is 9.89. The van der Waals surface area contributed by atoms with E-state index in [0.717, 1.165) is 0 Å². The van der Waals surface area contributed by atoms with Gasteiger partial charge in [-0.3, -0.25) is 4.79 Å². The number of halogens is 3. The molecule has 148 valence electrons. The van der Waals surface area contributed by atoms with E-state index in [1.54, 1.807) is 62.6 Å². The minimum Gasteiger partial charge on any atom is -0.372 e. The molecule has 0 radical (unpaired) electrons. The Morgan fingerprint density at radius 3 is 2.07 bits per heavy atom. The highest BCUT2D eigenvalue weighted by Crippen LogP contribution is 2.55. The maximum atomic E-state index is 14.0. The molecule has 1 aliphatic rings. The van der Waals surface area contributed by atoms with Crippen LogP contribution in [0.4, 0.5) is 13.2 Å². The zero-order chi connectivity index (χ0) is 21.0. The normalized spacial score (nSPS) is 17.6. The van der Waals surface area contributed by atoms with Gasteiger partial charge >= 0.3 is 6.18 Å². The van der Waals surface area contributed by atoms with Crippen LogP contribution in [0.1, 0.15) is 21.5 Å². The second-order valence-electron chi connectivity index (χ2n) is 7.29. The Morgan fingerprint density at radius 2 is 1.45 bits per heavy atom. The summed E-state index contributed by atoms with van der Waals surface area (Å²) in [5, 5.41) is 10.8. The molecule has 0 fully saturated rings. The van der Waals surface area contributed by atoms with Gasteiger partial charge in [0.2, 0.25) is 5.60 Å². The van der Waals surface area contributed by atoms with Crippen LogP contribution in [0.2, 0.25) is 0 Å². The van der Waals surface area contributed by atoms with Gasteiger partial charge in [0.15, 0.2) is 0 Å². The van der Waals surface area contributed by atoms with E-state index in [2.05, 4.69) is 0 Å². The number of hydrogen-bond donors (Lipinski definition) is 1. The Hall–Kier alpha value is -3.12. The third-order valence-corrected chi connectivity index (χ3v) is 5.30. The molecule has 0 heterocycles. The topological polar surface area (TPSA) is 40.5 Å². The van der Waals surface area contributed by atoms with Crippen molar-refractivity contribution in [2.24, 2.45) is 0 Å². The Morgan fingerprint density at radius 1 is 0.862 bits per heavy atom. The number of carbonyl (C=O) groups is 1. The zero-order valence-electron chi connectivity index (χ0n) is 15.8. The fraction of sp³-hybridized carbons (Fsp3) is 0.174. The van der Waals surface area contributed by atoms with Crippen molar-refractivity contribution >= 4 is 5.91 Å². The molecule has 0 saturated carbocycles. The third-order valence-electron chi connectivity index (χ3n) is 5.30. The van der Waals surface area contributed by atoms with E-state index in [1.165, 1.54) is 23.1 Å². The molecule has 1 aliphatic carbocycles. The first-order valence-electron chi connectivity index (χ1n) is 9.00. The summed E-state index contributed by atoms with van der Waals surface area (Å²) in [6.07, 6.45) is -4.87. The summed E-state index contributed by atoms with van der Waals surface area (Å²) in [5.41, 5.74) is -0.991. The number of fused-ring (bicyclic) bond motifs is 3. The standard InChI is InChI=1S/C23H18F3NO2/c1-27(2)21(28)15-9-7-14(8-10-15)16-11-12-18-17-5-3-4-6-19(17)22(29,20(18)13-16)23(24,25)26/h3-13,29H,1-2H3. The Kier molecular flexibility index (Phi) is 4.28. The average Bonchev–Trinajstić information content (AvgIpc) is 2.97. The maximum Gasteiger partial charge on any atom is 0.425 e. The lowest BCUT2D eigenvalue weighted by Crippen LogP contribution is -2.41. The second-order valence-corrected chi connectivity index (χ2v) is 7.29. The number of amides is 1. The minimum absolute atomic E-state index is 0.160. The first-order valence-corrected chi connectivity index (χ1v) is 9.00. The van der Waals surface area contributed by atoms with Gasteiger partial charge in [-0.15, -0.1) is 0 Å². The molecule has 1 N–H and O–H groups in total. The van der Waals surface area contributed by atoms with Gasteiger partial charge in [-0.2, -0.15) is 13.2 Å². The van der Waals surface area contributed by atoms with Gasteiger partial charge in [-0.25, -0.2) is 0 Å². The van der Waals surface area contributed by atoms with Gasteiger partial charge < -0.3 is 10.0 Å². The summed E-state index contributed by atoms with van der Waals surface area (Å²) in [6, 6.07) is 17.4. The number of aliphatic hydroxyl groups is 1. The van der Waals surface area contributed by atoms with Gasteiger partial charge in [0.1, 0.15) is 0 Å². The van der Waals surface area contributed by atoms with Crippen molar-refractivity contribution < 1.29 is 23.1 Å². The highest BCUT2D eigenvalue weighted by Gasteiger charge is 2.60. The van der Waals surface area contributed by atoms with E-state index < -0.39 is 11.8 Å². The van der Waals surface area contributed by atoms with Crippen molar-refractivity contribution in [3.05, 3.63) is 83.4 Å². The zero-order valence-corrected chi connectivity index (χ0v) is 15.8. The molecule has 0 saturated heterocycles. The smallest absolute Gasteiger partial charge is 0.372 e. The number of rotatable bonds is 2. The van der Waals surface area contributed by atoms with Crippen LogP contribution < -0.4 is 0 Å². The summed E-state index contributed by atoms with van der Waals surface area (Å²) in [7, 11) is 3.29. The van der Waals surface area contributed by atoms with Crippen molar-refractivity contribution in [2.45, 2.75) is 11.8 Å². The largest absolute Gasteiger partial charge is 0.425 e. The van der Waals surface area contributed by atoms with Crippen LogP contribution in [0.3, 0.4) is 0 Å². The summed E-state index contributed by atoms with van der Waals surface area (Å²) in [4.78, 5) is 13.5. The average molecular weight is 397 g/mol. The molecule has 1 amide bonds. The Labute approximate surface area is 166 Å². The van der Waals surface area contributed by atoms with Crippen LogP contribution in [0, 0.1) is 0 Å². The van der Waals surface area contributed by atoms with Gasteiger partial charge in [-0.1, -0.05) is 48.5 Å². The maximum absolute atomic E-state index is 14.0. The van der Waals surface area contributed by atoms with Gasteiger partial charge in [-0.05, 0) is 40.5 Å². The quantitative estimate of drug-likeness (QED) is 0.673. The highest BCUT2D eigenvalue weighted by molar-refractivity contribution is 5.94. The lowest BCUT2D eigenvalue weighted by Gasteiger charge is -2.28. The number of benzene rings is 3. The number of carbonyl (C=O) groups excluding carboxylic acids is 1. The van der Waals surface area contributed by atoms with Gasteiger partial charge in [0.25, 0.3) is 5.91 Å². The summed E-state index contributed by atoms with van der Waals surface area (Å²) >= 11 is 0. The van der Waals surface area contributed by atoms with Crippen LogP contribution in [0.25, 0.3) is 22.3 Å². The molecule has 0 aliphatic heterocycles. The summed E-state index contributed by atoms with van der Waals surface area (Å²) in [6.45, 7) is 0. The molecule has 3 nitrogen and oxygen atoms in total. The molecule has 0 spiro atoms. The molecule has 6 heteroatoms. The van der Waals surface area contributed by atoms with Crippen molar-refractivity contribution in [3.63, 3.8) is 0 Å². The lowest BCUT2D eigenvalue weighted by molar-refractivity contribution is -0.246. The molecule has 3 aromatic rings. The molecule has 4 rings (SSSR count). The van der Waals surface area contributed by atoms with E-state index in [9.17, 15) is 23.1 Å². The molecule has 0 bridgehead atoms. The second kappa shape index (κ2) is 6.46. The SMILES string of the molecule is CN(C)C(=O)c1ccc(-c2ccc3c(c2)C(O)(C(F)(F)F)c2ccccc2-3)cc1. The van der Waals surface area contributed by atoms with Crippen LogP contribution in [0.15, 0.2) is 66.7 Å². The highest BCUT2D eigenvalue weighted by atomic mass is 19.4. The van der Waals surface area contributed by atoms with Crippen molar-refractivity contribution in [1.82, 2.24) is 4.90 Å².